The van der Waals surface area contributed by atoms with Crippen LogP contribution in [0.15, 0.2) is 28.8 Å². The molecule has 1 aromatic heterocycles. The van der Waals surface area contributed by atoms with Crippen LogP contribution in [0.3, 0.4) is 0 Å². The van der Waals surface area contributed by atoms with Crippen LogP contribution in [0.1, 0.15) is 42.6 Å². The molecular weight excluding hydrogens is 330 g/mol. The van der Waals surface area contributed by atoms with Crippen molar-refractivity contribution in [3.63, 3.8) is 0 Å². The van der Waals surface area contributed by atoms with Crippen molar-refractivity contribution in [2.75, 3.05) is 38.2 Å². The number of anilines is 1. The summed E-state index contributed by atoms with van der Waals surface area (Å²) in [5.41, 5.74) is 2.18. The molecule has 2 heterocycles. The predicted molar refractivity (Wildman–Crippen MR) is 101 cm³/mol. The Balaban J connectivity index is 1.75. The first-order chi connectivity index (χ1) is 12.3. The number of ether oxygens (including phenoxy) is 1. The summed E-state index contributed by atoms with van der Waals surface area (Å²) in [4.78, 5) is 17.2. The van der Waals surface area contributed by atoms with Crippen LogP contribution in [0.4, 0.5) is 5.69 Å². The third kappa shape index (κ3) is 3.41. The average Bonchev–Trinajstić information content (AvgIpc) is 3.03. The first kappa shape index (κ1) is 18.3. The minimum Gasteiger partial charge on any atom is -0.495 e. The lowest BCUT2D eigenvalue weighted by Crippen LogP contribution is -2.49. The Labute approximate surface area is 154 Å². The van der Waals surface area contributed by atoms with E-state index in [1.165, 1.54) is 0 Å². The lowest BCUT2D eigenvalue weighted by molar-refractivity contribution is 0.0742. The van der Waals surface area contributed by atoms with Gasteiger partial charge < -0.3 is 19.1 Å². The number of benzene rings is 1. The Morgan fingerprint density at radius 2 is 1.81 bits per heavy atom. The molecule has 26 heavy (non-hydrogen) atoms. The highest BCUT2D eigenvalue weighted by atomic mass is 16.5. The minimum atomic E-state index is -0.234. The number of para-hydroxylation sites is 2. The van der Waals surface area contributed by atoms with Crippen molar-refractivity contribution in [1.29, 1.82) is 0 Å². The van der Waals surface area contributed by atoms with Gasteiger partial charge in [-0.1, -0.05) is 38.1 Å². The van der Waals surface area contributed by atoms with E-state index in [0.29, 0.717) is 24.4 Å². The van der Waals surface area contributed by atoms with Gasteiger partial charge in [0.15, 0.2) is 0 Å². The summed E-state index contributed by atoms with van der Waals surface area (Å²) in [6.45, 7) is 10.8. The molecule has 1 amide bonds. The Hall–Kier alpha value is -2.50. The maximum atomic E-state index is 13.1. The number of aromatic nitrogens is 1. The second-order valence-electron chi connectivity index (χ2n) is 7.66. The van der Waals surface area contributed by atoms with E-state index >= 15 is 0 Å². The van der Waals surface area contributed by atoms with Gasteiger partial charge >= 0.3 is 0 Å². The Morgan fingerprint density at radius 1 is 1.15 bits per heavy atom. The molecule has 0 aliphatic carbocycles. The zero-order valence-electron chi connectivity index (χ0n) is 16.2. The molecule has 1 aromatic carbocycles. The summed E-state index contributed by atoms with van der Waals surface area (Å²) in [6.07, 6.45) is 0. The number of piperazine rings is 1. The fraction of sp³-hybridized carbons (Fsp3) is 0.500. The largest absolute Gasteiger partial charge is 0.495 e. The molecular formula is C20H27N3O3. The Bertz CT molecular complexity index is 784. The lowest BCUT2D eigenvalue weighted by Gasteiger charge is -2.36. The quantitative estimate of drug-likeness (QED) is 0.844. The molecule has 1 saturated heterocycles. The molecule has 0 saturated carbocycles. The predicted octanol–water partition coefficient (Wildman–Crippen LogP) is 3.25. The van der Waals surface area contributed by atoms with Crippen molar-refractivity contribution >= 4 is 11.6 Å². The Kier molecular flexibility index (Phi) is 4.94. The van der Waals surface area contributed by atoms with Crippen LogP contribution in [0.5, 0.6) is 5.75 Å². The van der Waals surface area contributed by atoms with E-state index < -0.39 is 0 Å². The van der Waals surface area contributed by atoms with Crippen LogP contribution in [-0.2, 0) is 5.41 Å². The molecule has 1 aliphatic heterocycles. The normalized spacial score (nSPS) is 15.3. The number of carbonyl (C=O) groups excluding carboxylic acids is 1. The number of aryl methyl sites for hydroxylation is 1. The Morgan fingerprint density at radius 3 is 2.42 bits per heavy atom. The van der Waals surface area contributed by atoms with Crippen LogP contribution in [0.25, 0.3) is 0 Å². The van der Waals surface area contributed by atoms with Gasteiger partial charge in [0.1, 0.15) is 22.8 Å². The smallest absolute Gasteiger partial charge is 0.259 e. The number of amides is 1. The molecule has 0 atom stereocenters. The summed E-state index contributed by atoms with van der Waals surface area (Å²) < 4.78 is 10.8. The van der Waals surface area contributed by atoms with Gasteiger partial charge in [0.05, 0.1) is 12.8 Å². The molecule has 0 N–H and O–H groups in total. The van der Waals surface area contributed by atoms with Crippen molar-refractivity contribution < 1.29 is 14.1 Å². The molecule has 0 spiro atoms. The number of hydrogen-bond donors (Lipinski definition) is 0. The number of nitrogens with zero attached hydrogens (tertiary/aromatic N) is 3. The highest BCUT2D eigenvalue weighted by molar-refractivity contribution is 5.96. The maximum Gasteiger partial charge on any atom is 0.259 e. The van der Waals surface area contributed by atoms with E-state index in [4.69, 9.17) is 9.26 Å². The van der Waals surface area contributed by atoms with Gasteiger partial charge in [0.2, 0.25) is 0 Å². The first-order valence-corrected chi connectivity index (χ1v) is 8.97. The zero-order valence-corrected chi connectivity index (χ0v) is 16.2. The van der Waals surface area contributed by atoms with E-state index in [2.05, 4.69) is 16.1 Å². The van der Waals surface area contributed by atoms with Crippen LogP contribution in [0.2, 0.25) is 0 Å². The number of methoxy groups -OCH3 is 1. The molecule has 6 nitrogen and oxygen atoms in total. The molecule has 0 unspecified atom stereocenters. The summed E-state index contributed by atoms with van der Waals surface area (Å²) in [7, 11) is 1.68. The van der Waals surface area contributed by atoms with Crippen molar-refractivity contribution in [2.24, 2.45) is 0 Å². The van der Waals surface area contributed by atoms with Crippen molar-refractivity contribution in [2.45, 2.75) is 33.1 Å². The van der Waals surface area contributed by atoms with Crippen molar-refractivity contribution in [3.05, 3.63) is 41.3 Å². The standard InChI is InChI=1S/C20H27N3O3/c1-14-17(18(21-26-14)20(2,3)4)19(24)23-12-10-22(11-13-23)15-8-6-7-9-16(15)25-5/h6-9H,10-13H2,1-5H3. The van der Waals surface area contributed by atoms with Crippen LogP contribution < -0.4 is 9.64 Å². The minimum absolute atomic E-state index is 0.00773. The van der Waals surface area contributed by atoms with E-state index in [1.54, 1.807) is 14.0 Å². The van der Waals surface area contributed by atoms with Gasteiger partial charge in [-0.05, 0) is 19.1 Å². The van der Waals surface area contributed by atoms with E-state index in [0.717, 1.165) is 30.2 Å². The van der Waals surface area contributed by atoms with E-state index in [1.807, 2.05) is 43.9 Å². The molecule has 1 fully saturated rings. The molecule has 140 valence electrons. The van der Waals surface area contributed by atoms with Crippen molar-refractivity contribution in [1.82, 2.24) is 10.1 Å². The number of carbonyl (C=O) groups is 1. The molecule has 3 rings (SSSR count). The fourth-order valence-corrected chi connectivity index (χ4v) is 3.34. The van der Waals surface area contributed by atoms with Crippen LogP contribution in [0, 0.1) is 6.92 Å². The summed E-state index contributed by atoms with van der Waals surface area (Å²) >= 11 is 0. The number of hydrogen-bond acceptors (Lipinski definition) is 5. The van der Waals surface area contributed by atoms with Gasteiger partial charge in [-0.15, -0.1) is 0 Å². The van der Waals surface area contributed by atoms with Gasteiger partial charge in [0, 0.05) is 31.6 Å². The fourth-order valence-electron chi connectivity index (χ4n) is 3.34. The van der Waals surface area contributed by atoms with Gasteiger partial charge in [0.25, 0.3) is 5.91 Å². The summed E-state index contributed by atoms with van der Waals surface area (Å²) in [5, 5.41) is 4.14. The maximum absolute atomic E-state index is 13.1. The highest BCUT2D eigenvalue weighted by Gasteiger charge is 2.32. The third-order valence-corrected chi connectivity index (χ3v) is 4.78. The molecule has 2 aromatic rings. The third-order valence-electron chi connectivity index (χ3n) is 4.78. The molecule has 1 aliphatic rings. The van der Waals surface area contributed by atoms with Crippen LogP contribution >= 0.6 is 0 Å². The molecule has 6 heteroatoms. The van der Waals surface area contributed by atoms with Gasteiger partial charge in [-0.3, -0.25) is 4.79 Å². The summed E-state index contributed by atoms with van der Waals surface area (Å²) in [6, 6.07) is 7.98. The topological polar surface area (TPSA) is 58.8 Å². The van der Waals surface area contributed by atoms with Crippen molar-refractivity contribution in [3.8, 4) is 5.75 Å². The van der Waals surface area contributed by atoms with E-state index in [-0.39, 0.29) is 11.3 Å². The lowest BCUT2D eigenvalue weighted by atomic mass is 9.88. The van der Waals surface area contributed by atoms with Gasteiger partial charge in [-0.25, -0.2) is 0 Å². The average molecular weight is 357 g/mol. The first-order valence-electron chi connectivity index (χ1n) is 8.97. The second kappa shape index (κ2) is 7.02. The SMILES string of the molecule is COc1ccccc1N1CCN(C(=O)c2c(C(C)(C)C)noc2C)CC1. The number of rotatable bonds is 3. The monoisotopic (exact) mass is 357 g/mol. The highest BCUT2D eigenvalue weighted by Crippen LogP contribution is 2.30. The molecule has 0 radical (unpaired) electrons. The van der Waals surface area contributed by atoms with Crippen LogP contribution in [-0.4, -0.2) is 49.3 Å². The van der Waals surface area contributed by atoms with Gasteiger partial charge in [-0.2, -0.15) is 0 Å². The zero-order chi connectivity index (χ0) is 18.9. The summed E-state index contributed by atoms with van der Waals surface area (Å²) in [5.74, 6) is 1.46. The molecule has 0 bridgehead atoms. The van der Waals surface area contributed by atoms with E-state index in [9.17, 15) is 4.79 Å². The second-order valence-corrected chi connectivity index (χ2v) is 7.66.